The summed E-state index contributed by atoms with van der Waals surface area (Å²) in [6.45, 7) is 8.56. The van der Waals surface area contributed by atoms with Gasteiger partial charge in [-0.3, -0.25) is 0 Å². The largest absolute Gasteiger partial charge is 0.492 e. The van der Waals surface area contributed by atoms with Gasteiger partial charge in [0.15, 0.2) is 0 Å². The number of alkyl halides is 3. The minimum absolute atomic E-state index is 0.154. The summed E-state index contributed by atoms with van der Waals surface area (Å²) in [5, 5.41) is 6.17. The minimum Gasteiger partial charge on any atom is -0.492 e. The molecular formula is C19H25F3N2O. The maximum absolute atomic E-state index is 13.4. The fourth-order valence-electron chi connectivity index (χ4n) is 2.46. The van der Waals surface area contributed by atoms with Gasteiger partial charge in [0.05, 0.1) is 5.56 Å². The lowest BCUT2D eigenvalue weighted by molar-refractivity contribution is -0.137. The monoisotopic (exact) mass is 354 g/mol. The summed E-state index contributed by atoms with van der Waals surface area (Å²) in [6.07, 6.45) is 0.603. The van der Waals surface area contributed by atoms with Gasteiger partial charge in [0, 0.05) is 19.6 Å². The molecule has 0 radical (unpaired) electrons. The third-order valence-electron chi connectivity index (χ3n) is 3.63. The lowest BCUT2D eigenvalue weighted by Gasteiger charge is -2.19. The second-order valence-corrected chi connectivity index (χ2v) is 7.19. The quantitative estimate of drug-likeness (QED) is 0.751. The molecule has 1 aliphatic heterocycles. The minimum atomic E-state index is -4.43. The van der Waals surface area contributed by atoms with Crippen molar-refractivity contribution >= 4 is 5.57 Å². The van der Waals surface area contributed by atoms with E-state index in [9.17, 15) is 13.2 Å². The average Bonchev–Trinajstić information content (AvgIpc) is 2.53. The van der Waals surface area contributed by atoms with E-state index >= 15 is 0 Å². The number of benzene rings is 1. The van der Waals surface area contributed by atoms with Crippen molar-refractivity contribution in [3.63, 3.8) is 0 Å². The number of dihydropyridines is 1. The third-order valence-corrected chi connectivity index (χ3v) is 3.63. The van der Waals surface area contributed by atoms with Crippen molar-refractivity contribution in [2.75, 3.05) is 26.2 Å². The Morgan fingerprint density at radius 2 is 1.96 bits per heavy atom. The van der Waals surface area contributed by atoms with Gasteiger partial charge >= 0.3 is 6.18 Å². The number of rotatable bonds is 6. The predicted octanol–water partition coefficient (Wildman–Crippen LogP) is 4.22. The molecule has 0 bridgehead atoms. The van der Waals surface area contributed by atoms with Gasteiger partial charge < -0.3 is 15.4 Å². The third kappa shape index (κ3) is 6.12. The second kappa shape index (κ2) is 7.95. The van der Waals surface area contributed by atoms with Gasteiger partial charge in [-0.05, 0) is 41.0 Å². The van der Waals surface area contributed by atoms with Gasteiger partial charge in [-0.15, -0.1) is 0 Å². The highest BCUT2D eigenvalue weighted by Gasteiger charge is 2.34. The zero-order valence-corrected chi connectivity index (χ0v) is 14.8. The van der Waals surface area contributed by atoms with Crippen LogP contribution in [0.5, 0.6) is 5.75 Å². The average molecular weight is 354 g/mol. The molecular weight excluding hydrogens is 329 g/mol. The Bertz CT molecular complexity index is 643. The highest BCUT2D eigenvalue weighted by atomic mass is 19.4. The Morgan fingerprint density at radius 1 is 1.20 bits per heavy atom. The molecule has 0 amide bonds. The highest BCUT2D eigenvalue weighted by Crippen LogP contribution is 2.37. The first-order valence-corrected chi connectivity index (χ1v) is 8.32. The van der Waals surface area contributed by atoms with E-state index in [2.05, 4.69) is 31.4 Å². The van der Waals surface area contributed by atoms with Crippen LogP contribution in [0.3, 0.4) is 0 Å². The molecule has 1 aromatic rings. The molecule has 1 heterocycles. The molecule has 0 unspecified atom stereocenters. The number of ether oxygens (including phenoxy) is 1. The summed E-state index contributed by atoms with van der Waals surface area (Å²) >= 11 is 0. The Hall–Kier alpha value is -1.95. The van der Waals surface area contributed by atoms with Crippen molar-refractivity contribution in [1.29, 1.82) is 0 Å². The molecule has 0 saturated heterocycles. The lowest BCUT2D eigenvalue weighted by Crippen LogP contribution is -2.30. The zero-order valence-electron chi connectivity index (χ0n) is 14.8. The van der Waals surface area contributed by atoms with Crippen molar-refractivity contribution in [2.24, 2.45) is 5.41 Å². The van der Waals surface area contributed by atoms with Crippen LogP contribution >= 0.6 is 0 Å². The van der Waals surface area contributed by atoms with Crippen molar-refractivity contribution in [3.05, 3.63) is 47.7 Å². The fraction of sp³-hybridized carbons (Fsp3) is 0.474. The van der Waals surface area contributed by atoms with Crippen molar-refractivity contribution in [2.45, 2.75) is 26.9 Å². The Morgan fingerprint density at radius 3 is 2.56 bits per heavy atom. The summed E-state index contributed by atoms with van der Waals surface area (Å²) in [7, 11) is 0. The van der Waals surface area contributed by atoms with Crippen LogP contribution in [0.1, 0.15) is 31.9 Å². The molecule has 2 N–H and O–H groups in total. The van der Waals surface area contributed by atoms with Crippen LogP contribution in [-0.2, 0) is 6.18 Å². The molecule has 0 atom stereocenters. The van der Waals surface area contributed by atoms with Crippen molar-refractivity contribution < 1.29 is 17.9 Å². The number of hydrogen-bond acceptors (Lipinski definition) is 3. The predicted molar refractivity (Wildman–Crippen MR) is 94.4 cm³/mol. The van der Waals surface area contributed by atoms with E-state index in [0.29, 0.717) is 25.3 Å². The molecule has 3 nitrogen and oxygen atoms in total. The summed E-state index contributed by atoms with van der Waals surface area (Å²) in [5.74, 6) is 0.229. The van der Waals surface area contributed by atoms with Gasteiger partial charge in [-0.1, -0.05) is 32.9 Å². The summed E-state index contributed by atoms with van der Waals surface area (Å²) in [4.78, 5) is 0. The highest BCUT2D eigenvalue weighted by molar-refractivity contribution is 5.77. The van der Waals surface area contributed by atoms with Gasteiger partial charge in [-0.2, -0.15) is 13.2 Å². The van der Waals surface area contributed by atoms with Gasteiger partial charge in [-0.25, -0.2) is 0 Å². The molecule has 0 fully saturated rings. The Balaban J connectivity index is 2.06. The molecule has 25 heavy (non-hydrogen) atoms. The second-order valence-electron chi connectivity index (χ2n) is 7.19. The molecule has 6 heteroatoms. The van der Waals surface area contributed by atoms with E-state index in [1.165, 1.54) is 6.07 Å². The fourth-order valence-corrected chi connectivity index (χ4v) is 2.46. The normalized spacial score (nSPS) is 14.9. The van der Waals surface area contributed by atoms with Crippen LogP contribution in [0.2, 0.25) is 0 Å². The topological polar surface area (TPSA) is 33.3 Å². The maximum atomic E-state index is 13.4. The van der Waals surface area contributed by atoms with Crippen LogP contribution < -0.4 is 15.4 Å². The first kappa shape index (κ1) is 19.4. The number of nitrogens with one attached hydrogen (secondary N) is 2. The van der Waals surface area contributed by atoms with E-state index in [-0.39, 0.29) is 16.7 Å². The number of halogens is 3. The van der Waals surface area contributed by atoms with E-state index in [1.807, 2.05) is 0 Å². The van der Waals surface area contributed by atoms with E-state index in [4.69, 9.17) is 4.74 Å². The van der Waals surface area contributed by atoms with E-state index < -0.39 is 11.7 Å². The van der Waals surface area contributed by atoms with Crippen LogP contribution in [-0.4, -0.2) is 26.2 Å². The zero-order chi connectivity index (χ0) is 18.5. The number of allylic oxidation sites excluding steroid dienone is 2. The Labute approximate surface area is 147 Å². The molecule has 2 rings (SSSR count). The maximum Gasteiger partial charge on any atom is 0.417 e. The molecule has 138 valence electrons. The molecule has 0 aromatic heterocycles. The van der Waals surface area contributed by atoms with E-state index in [0.717, 1.165) is 12.6 Å². The van der Waals surface area contributed by atoms with Gasteiger partial charge in [0.2, 0.25) is 0 Å². The SMILES string of the molecule is CC(C)(C)CNCCOc1ccc(C2=CCNC=C2)c(C(F)(F)F)c1. The first-order valence-electron chi connectivity index (χ1n) is 8.32. The smallest absolute Gasteiger partial charge is 0.417 e. The molecule has 0 saturated carbocycles. The van der Waals surface area contributed by atoms with Crippen molar-refractivity contribution in [3.8, 4) is 5.75 Å². The number of hydrogen-bond donors (Lipinski definition) is 2. The summed E-state index contributed by atoms with van der Waals surface area (Å²) in [5.41, 5.74) is 0.208. The van der Waals surface area contributed by atoms with Gasteiger partial charge in [0.1, 0.15) is 12.4 Å². The van der Waals surface area contributed by atoms with Crippen LogP contribution in [0, 0.1) is 5.41 Å². The summed E-state index contributed by atoms with van der Waals surface area (Å²) < 4.78 is 45.8. The molecule has 0 spiro atoms. The van der Waals surface area contributed by atoms with E-state index in [1.54, 1.807) is 24.4 Å². The van der Waals surface area contributed by atoms with Crippen molar-refractivity contribution in [1.82, 2.24) is 10.6 Å². The van der Waals surface area contributed by atoms with Crippen LogP contribution in [0.4, 0.5) is 13.2 Å². The molecule has 0 aliphatic carbocycles. The van der Waals surface area contributed by atoms with Crippen LogP contribution in [0.15, 0.2) is 36.6 Å². The van der Waals surface area contributed by atoms with Gasteiger partial charge in [0.25, 0.3) is 0 Å². The summed E-state index contributed by atoms with van der Waals surface area (Å²) in [6, 6.07) is 4.14. The lowest BCUT2D eigenvalue weighted by atomic mass is 9.97. The standard InChI is InChI=1S/C19H25F3N2O/c1-18(2,3)13-24-10-11-25-15-4-5-16(14-6-8-23-9-7-14)17(12-15)19(20,21)22/h4-8,12,23-24H,9-11,13H2,1-3H3. The Kier molecular flexibility index (Phi) is 6.16. The molecule has 1 aliphatic rings. The van der Waals surface area contributed by atoms with Crippen LogP contribution in [0.25, 0.3) is 5.57 Å². The molecule has 1 aromatic carbocycles. The first-order chi connectivity index (χ1) is 11.7.